The van der Waals surface area contributed by atoms with Crippen molar-refractivity contribution < 1.29 is 18.3 Å². The summed E-state index contributed by atoms with van der Waals surface area (Å²) in [6.07, 6.45) is 0. The van der Waals surface area contributed by atoms with Crippen LogP contribution in [0.3, 0.4) is 0 Å². The molecule has 0 aliphatic heterocycles. The second kappa shape index (κ2) is 7.82. The van der Waals surface area contributed by atoms with E-state index in [1.165, 1.54) is 12.1 Å². The fourth-order valence-electron chi connectivity index (χ4n) is 1.78. The summed E-state index contributed by atoms with van der Waals surface area (Å²) in [5.41, 5.74) is 4.13. The SMILES string of the molecule is C/C(=N\NC(=O)c1ccccc1Br)c1ccc(OC(F)F)cc1. The molecule has 2 aromatic rings. The van der Waals surface area contributed by atoms with Crippen LogP contribution in [-0.2, 0) is 0 Å². The molecule has 23 heavy (non-hydrogen) atoms. The Kier molecular flexibility index (Phi) is 5.81. The predicted octanol–water partition coefficient (Wildman–Crippen LogP) is 4.20. The van der Waals surface area contributed by atoms with Gasteiger partial charge in [-0.25, -0.2) is 5.43 Å². The highest BCUT2D eigenvalue weighted by molar-refractivity contribution is 9.10. The van der Waals surface area contributed by atoms with Crippen LogP contribution in [0.1, 0.15) is 22.8 Å². The molecule has 0 radical (unpaired) electrons. The molecule has 0 unspecified atom stereocenters. The number of hydrogen-bond donors (Lipinski definition) is 1. The average Bonchev–Trinajstić information content (AvgIpc) is 2.53. The lowest BCUT2D eigenvalue weighted by molar-refractivity contribution is -0.0498. The Morgan fingerprint density at radius 2 is 1.83 bits per heavy atom. The molecule has 2 aromatic carbocycles. The number of amides is 1. The van der Waals surface area contributed by atoms with E-state index in [2.05, 4.69) is 31.2 Å². The van der Waals surface area contributed by atoms with Crippen LogP contribution in [0.5, 0.6) is 5.75 Å². The number of nitrogens with zero attached hydrogens (tertiary/aromatic N) is 1. The molecule has 2 rings (SSSR count). The molecule has 120 valence electrons. The van der Waals surface area contributed by atoms with Crippen LogP contribution in [0.4, 0.5) is 8.78 Å². The smallest absolute Gasteiger partial charge is 0.387 e. The zero-order valence-corrected chi connectivity index (χ0v) is 13.7. The molecule has 0 aliphatic carbocycles. The minimum atomic E-state index is -2.86. The summed E-state index contributed by atoms with van der Waals surface area (Å²) in [4.78, 5) is 12.0. The predicted molar refractivity (Wildman–Crippen MR) is 86.9 cm³/mol. The van der Waals surface area contributed by atoms with Crippen molar-refractivity contribution in [2.24, 2.45) is 5.10 Å². The Balaban J connectivity index is 2.05. The highest BCUT2D eigenvalue weighted by atomic mass is 79.9. The van der Waals surface area contributed by atoms with E-state index in [4.69, 9.17) is 0 Å². The molecule has 0 bridgehead atoms. The lowest BCUT2D eigenvalue weighted by Crippen LogP contribution is -2.19. The molecule has 0 aliphatic rings. The maximum Gasteiger partial charge on any atom is 0.387 e. The lowest BCUT2D eigenvalue weighted by atomic mass is 10.1. The maximum absolute atomic E-state index is 12.1. The van der Waals surface area contributed by atoms with Crippen LogP contribution in [-0.4, -0.2) is 18.2 Å². The van der Waals surface area contributed by atoms with E-state index >= 15 is 0 Å². The van der Waals surface area contributed by atoms with Crippen molar-refractivity contribution >= 4 is 27.5 Å². The molecule has 0 aromatic heterocycles. The molecule has 0 atom stereocenters. The first kappa shape index (κ1) is 17.1. The highest BCUT2D eigenvalue weighted by Gasteiger charge is 2.09. The van der Waals surface area contributed by atoms with Crippen molar-refractivity contribution in [3.8, 4) is 5.75 Å². The van der Waals surface area contributed by atoms with Crippen molar-refractivity contribution in [3.63, 3.8) is 0 Å². The van der Waals surface area contributed by atoms with E-state index in [9.17, 15) is 13.6 Å². The van der Waals surface area contributed by atoms with Crippen LogP contribution in [0, 0.1) is 0 Å². The van der Waals surface area contributed by atoms with Gasteiger partial charge in [-0.3, -0.25) is 4.79 Å². The molecule has 0 fully saturated rings. The molecule has 0 saturated heterocycles. The Bertz CT molecular complexity index is 718. The van der Waals surface area contributed by atoms with Gasteiger partial charge in [0.25, 0.3) is 5.91 Å². The zero-order valence-electron chi connectivity index (χ0n) is 12.1. The van der Waals surface area contributed by atoms with Gasteiger partial charge in [-0.1, -0.05) is 12.1 Å². The van der Waals surface area contributed by atoms with Crippen molar-refractivity contribution in [2.75, 3.05) is 0 Å². The van der Waals surface area contributed by atoms with Gasteiger partial charge < -0.3 is 4.74 Å². The summed E-state index contributed by atoms with van der Waals surface area (Å²) in [5.74, 6) is -0.289. The number of ether oxygens (including phenoxy) is 1. The average molecular weight is 383 g/mol. The van der Waals surface area contributed by atoms with Gasteiger partial charge in [0.2, 0.25) is 0 Å². The summed E-state index contributed by atoms with van der Waals surface area (Å²) in [6.45, 7) is -1.16. The maximum atomic E-state index is 12.1. The van der Waals surface area contributed by atoms with Crippen LogP contribution < -0.4 is 10.2 Å². The molecule has 0 spiro atoms. The standard InChI is InChI=1S/C16H13BrF2N2O2/c1-10(11-6-8-12(9-7-11)23-16(18)19)20-21-15(22)13-4-2-3-5-14(13)17/h2-9,16H,1H3,(H,21,22)/b20-10+. The molecule has 1 N–H and O–H groups in total. The van der Waals surface area contributed by atoms with Crippen LogP contribution in [0.2, 0.25) is 0 Å². The van der Waals surface area contributed by atoms with Gasteiger partial charge in [-0.15, -0.1) is 0 Å². The van der Waals surface area contributed by atoms with Gasteiger partial charge in [-0.05, 0) is 64.8 Å². The number of carbonyl (C=O) groups is 1. The summed E-state index contributed by atoms with van der Waals surface area (Å²) in [7, 11) is 0. The number of rotatable bonds is 5. The Labute approximate surface area is 140 Å². The van der Waals surface area contributed by atoms with E-state index in [-0.39, 0.29) is 11.7 Å². The minimum Gasteiger partial charge on any atom is -0.435 e. The molecular formula is C16H13BrF2N2O2. The summed E-state index contributed by atoms with van der Waals surface area (Å²) < 4.78 is 29.1. The van der Waals surface area contributed by atoms with E-state index < -0.39 is 6.61 Å². The number of benzene rings is 2. The lowest BCUT2D eigenvalue weighted by Gasteiger charge is -2.06. The largest absolute Gasteiger partial charge is 0.435 e. The number of hydrogen-bond acceptors (Lipinski definition) is 3. The summed E-state index contributed by atoms with van der Waals surface area (Å²) in [5, 5.41) is 4.01. The van der Waals surface area contributed by atoms with E-state index in [0.717, 1.165) is 0 Å². The zero-order chi connectivity index (χ0) is 16.8. The number of halogens is 3. The molecule has 0 heterocycles. The normalized spacial score (nSPS) is 11.4. The molecule has 0 saturated carbocycles. The van der Waals surface area contributed by atoms with Crippen LogP contribution in [0.15, 0.2) is 58.1 Å². The van der Waals surface area contributed by atoms with Gasteiger partial charge in [-0.2, -0.15) is 13.9 Å². The van der Waals surface area contributed by atoms with E-state index in [1.807, 2.05) is 0 Å². The first-order chi connectivity index (χ1) is 11.0. The minimum absolute atomic E-state index is 0.0637. The third-order valence-electron chi connectivity index (χ3n) is 2.94. The first-order valence-electron chi connectivity index (χ1n) is 6.62. The Hall–Kier alpha value is -2.28. The second-order valence-electron chi connectivity index (χ2n) is 4.52. The van der Waals surface area contributed by atoms with E-state index in [0.29, 0.717) is 21.3 Å². The topological polar surface area (TPSA) is 50.7 Å². The Morgan fingerprint density at radius 3 is 2.43 bits per heavy atom. The molecular weight excluding hydrogens is 370 g/mol. The molecule has 1 amide bonds. The number of carbonyl (C=O) groups excluding carboxylic acids is 1. The third-order valence-corrected chi connectivity index (χ3v) is 3.63. The van der Waals surface area contributed by atoms with Gasteiger partial charge in [0.1, 0.15) is 5.75 Å². The molecule has 4 nitrogen and oxygen atoms in total. The summed E-state index contributed by atoms with van der Waals surface area (Å²) in [6, 6.07) is 13.0. The summed E-state index contributed by atoms with van der Waals surface area (Å²) >= 11 is 3.29. The van der Waals surface area contributed by atoms with Crippen molar-refractivity contribution in [3.05, 3.63) is 64.1 Å². The van der Waals surface area contributed by atoms with Gasteiger partial charge in [0.05, 0.1) is 11.3 Å². The quantitative estimate of drug-likeness (QED) is 0.622. The van der Waals surface area contributed by atoms with Gasteiger partial charge in [0.15, 0.2) is 0 Å². The van der Waals surface area contributed by atoms with Crippen molar-refractivity contribution in [2.45, 2.75) is 13.5 Å². The number of nitrogens with one attached hydrogen (secondary N) is 1. The van der Waals surface area contributed by atoms with Gasteiger partial charge in [0, 0.05) is 4.47 Å². The number of alkyl halides is 2. The van der Waals surface area contributed by atoms with Crippen LogP contribution >= 0.6 is 15.9 Å². The van der Waals surface area contributed by atoms with Crippen molar-refractivity contribution in [1.82, 2.24) is 5.43 Å². The molecule has 7 heteroatoms. The highest BCUT2D eigenvalue weighted by Crippen LogP contribution is 2.16. The fourth-order valence-corrected chi connectivity index (χ4v) is 2.25. The second-order valence-corrected chi connectivity index (χ2v) is 5.38. The fraction of sp³-hybridized carbons (Fsp3) is 0.125. The van der Waals surface area contributed by atoms with Gasteiger partial charge >= 0.3 is 6.61 Å². The monoisotopic (exact) mass is 382 g/mol. The first-order valence-corrected chi connectivity index (χ1v) is 7.41. The van der Waals surface area contributed by atoms with Crippen molar-refractivity contribution in [1.29, 1.82) is 0 Å². The van der Waals surface area contributed by atoms with E-state index in [1.54, 1.807) is 43.3 Å². The Morgan fingerprint density at radius 1 is 1.17 bits per heavy atom. The van der Waals surface area contributed by atoms with Crippen LogP contribution in [0.25, 0.3) is 0 Å². The number of hydrazone groups is 1. The third kappa shape index (κ3) is 4.85.